The van der Waals surface area contributed by atoms with Crippen LogP contribution in [-0.2, 0) is 0 Å². The standard InChI is InChI=1S/C20H22N2O3/c1-2-25-17-11-9-14(10-12-17)18-4-3-13-22(18)20(24)16-7-5-15(6-8-16)19(21)23/h5-12,18H,2-4,13H2,1H3,(H2,21,23)/t18-/m1/s1. The Balaban J connectivity index is 1.78. The van der Waals surface area contributed by atoms with Crippen LogP contribution in [0.25, 0.3) is 0 Å². The van der Waals surface area contributed by atoms with Crippen LogP contribution in [-0.4, -0.2) is 29.9 Å². The van der Waals surface area contributed by atoms with Gasteiger partial charge in [-0.15, -0.1) is 0 Å². The van der Waals surface area contributed by atoms with Gasteiger partial charge in [0.15, 0.2) is 0 Å². The lowest BCUT2D eigenvalue weighted by molar-refractivity contribution is 0.0735. The zero-order valence-corrected chi connectivity index (χ0v) is 14.3. The summed E-state index contributed by atoms with van der Waals surface area (Å²) in [6.45, 7) is 3.32. The van der Waals surface area contributed by atoms with E-state index >= 15 is 0 Å². The maximum absolute atomic E-state index is 12.9. The van der Waals surface area contributed by atoms with Crippen LogP contribution in [0.15, 0.2) is 48.5 Å². The van der Waals surface area contributed by atoms with E-state index in [1.54, 1.807) is 24.3 Å². The van der Waals surface area contributed by atoms with Crippen molar-refractivity contribution in [3.05, 3.63) is 65.2 Å². The number of ether oxygens (including phenoxy) is 1. The molecule has 5 heteroatoms. The maximum Gasteiger partial charge on any atom is 0.254 e. The van der Waals surface area contributed by atoms with Crippen LogP contribution < -0.4 is 10.5 Å². The Morgan fingerprint density at radius 2 is 1.72 bits per heavy atom. The summed E-state index contributed by atoms with van der Waals surface area (Å²) in [5.74, 6) is 0.323. The van der Waals surface area contributed by atoms with E-state index in [1.165, 1.54) is 0 Å². The summed E-state index contributed by atoms with van der Waals surface area (Å²) in [7, 11) is 0. The highest BCUT2D eigenvalue weighted by Gasteiger charge is 2.30. The molecule has 1 atom stereocenters. The van der Waals surface area contributed by atoms with Gasteiger partial charge in [0.2, 0.25) is 5.91 Å². The number of amides is 2. The van der Waals surface area contributed by atoms with E-state index in [4.69, 9.17) is 10.5 Å². The monoisotopic (exact) mass is 338 g/mol. The number of primary amides is 1. The molecule has 1 aliphatic rings. The topological polar surface area (TPSA) is 72.6 Å². The predicted octanol–water partition coefficient (Wildman–Crippen LogP) is 3.16. The summed E-state index contributed by atoms with van der Waals surface area (Å²) in [5.41, 5.74) is 7.34. The molecule has 3 rings (SSSR count). The third-order valence-corrected chi connectivity index (χ3v) is 4.51. The molecule has 2 aromatic carbocycles. The van der Waals surface area contributed by atoms with Gasteiger partial charge in [-0.05, 0) is 61.7 Å². The quantitative estimate of drug-likeness (QED) is 0.910. The molecular weight excluding hydrogens is 316 g/mol. The molecule has 0 aromatic heterocycles. The molecule has 1 fully saturated rings. The molecule has 0 aliphatic carbocycles. The molecule has 0 bridgehead atoms. The Morgan fingerprint density at radius 1 is 1.08 bits per heavy atom. The largest absolute Gasteiger partial charge is 0.494 e. The first-order valence-corrected chi connectivity index (χ1v) is 8.53. The lowest BCUT2D eigenvalue weighted by atomic mass is 10.0. The summed E-state index contributed by atoms with van der Waals surface area (Å²) < 4.78 is 5.48. The highest BCUT2D eigenvalue weighted by Crippen LogP contribution is 2.33. The van der Waals surface area contributed by atoms with Gasteiger partial charge in [-0.2, -0.15) is 0 Å². The van der Waals surface area contributed by atoms with Gasteiger partial charge in [-0.1, -0.05) is 12.1 Å². The number of nitrogens with zero attached hydrogens (tertiary/aromatic N) is 1. The van der Waals surface area contributed by atoms with Crippen molar-refractivity contribution in [3.63, 3.8) is 0 Å². The van der Waals surface area contributed by atoms with E-state index in [0.29, 0.717) is 17.7 Å². The van der Waals surface area contributed by atoms with Crippen molar-refractivity contribution in [3.8, 4) is 5.75 Å². The highest BCUT2D eigenvalue weighted by atomic mass is 16.5. The van der Waals surface area contributed by atoms with Gasteiger partial charge >= 0.3 is 0 Å². The minimum atomic E-state index is -0.493. The number of carbonyl (C=O) groups is 2. The molecule has 1 heterocycles. The first kappa shape index (κ1) is 17.0. The Bertz CT molecular complexity index is 754. The van der Waals surface area contributed by atoms with Crippen LogP contribution in [0, 0.1) is 0 Å². The van der Waals surface area contributed by atoms with E-state index in [0.717, 1.165) is 30.7 Å². The number of carbonyl (C=O) groups excluding carboxylic acids is 2. The fraction of sp³-hybridized carbons (Fsp3) is 0.300. The summed E-state index contributed by atoms with van der Waals surface area (Å²) in [6, 6.07) is 14.5. The van der Waals surface area contributed by atoms with Gasteiger partial charge in [-0.3, -0.25) is 9.59 Å². The minimum absolute atomic E-state index is 0.0209. The number of hydrogen-bond donors (Lipinski definition) is 1. The van der Waals surface area contributed by atoms with Gasteiger partial charge in [0.25, 0.3) is 5.91 Å². The third kappa shape index (κ3) is 3.65. The van der Waals surface area contributed by atoms with Gasteiger partial charge in [-0.25, -0.2) is 0 Å². The van der Waals surface area contributed by atoms with E-state index in [1.807, 2.05) is 36.1 Å². The molecule has 5 nitrogen and oxygen atoms in total. The summed E-state index contributed by atoms with van der Waals surface area (Å²) in [6.07, 6.45) is 1.92. The van der Waals surface area contributed by atoms with E-state index in [-0.39, 0.29) is 11.9 Å². The normalized spacial score (nSPS) is 16.7. The van der Waals surface area contributed by atoms with E-state index in [2.05, 4.69) is 0 Å². The summed E-state index contributed by atoms with van der Waals surface area (Å²) in [4.78, 5) is 25.9. The highest BCUT2D eigenvalue weighted by molar-refractivity contribution is 5.97. The molecule has 0 radical (unpaired) electrons. The molecule has 2 amide bonds. The number of rotatable bonds is 5. The Morgan fingerprint density at radius 3 is 2.32 bits per heavy atom. The Labute approximate surface area is 147 Å². The molecule has 25 heavy (non-hydrogen) atoms. The van der Waals surface area contributed by atoms with Gasteiger partial charge < -0.3 is 15.4 Å². The molecule has 1 aliphatic heterocycles. The van der Waals surface area contributed by atoms with Crippen molar-refractivity contribution in [2.24, 2.45) is 5.73 Å². The van der Waals surface area contributed by atoms with Crippen molar-refractivity contribution >= 4 is 11.8 Å². The molecule has 1 saturated heterocycles. The predicted molar refractivity (Wildman–Crippen MR) is 95.6 cm³/mol. The van der Waals surface area contributed by atoms with E-state index < -0.39 is 5.91 Å². The lowest BCUT2D eigenvalue weighted by Gasteiger charge is -2.25. The molecule has 0 saturated carbocycles. The van der Waals surface area contributed by atoms with Crippen LogP contribution in [0.1, 0.15) is 52.1 Å². The Hall–Kier alpha value is -2.82. The minimum Gasteiger partial charge on any atom is -0.494 e. The fourth-order valence-corrected chi connectivity index (χ4v) is 3.25. The lowest BCUT2D eigenvalue weighted by Crippen LogP contribution is -2.30. The molecule has 130 valence electrons. The zero-order chi connectivity index (χ0) is 17.8. The zero-order valence-electron chi connectivity index (χ0n) is 14.3. The second-order valence-corrected chi connectivity index (χ2v) is 6.10. The first-order chi connectivity index (χ1) is 12.1. The summed E-state index contributed by atoms with van der Waals surface area (Å²) in [5, 5.41) is 0. The van der Waals surface area contributed by atoms with Crippen molar-refractivity contribution in [1.82, 2.24) is 4.90 Å². The van der Waals surface area contributed by atoms with Crippen molar-refractivity contribution in [1.29, 1.82) is 0 Å². The van der Waals surface area contributed by atoms with Crippen LogP contribution >= 0.6 is 0 Å². The average Bonchev–Trinajstić information content (AvgIpc) is 3.12. The second kappa shape index (κ2) is 7.38. The number of likely N-dealkylation sites (tertiary alicyclic amines) is 1. The molecule has 0 spiro atoms. The molecular formula is C20H22N2O3. The number of benzene rings is 2. The maximum atomic E-state index is 12.9. The van der Waals surface area contributed by atoms with Crippen LogP contribution in [0.2, 0.25) is 0 Å². The second-order valence-electron chi connectivity index (χ2n) is 6.10. The van der Waals surface area contributed by atoms with Crippen LogP contribution in [0.4, 0.5) is 0 Å². The van der Waals surface area contributed by atoms with Crippen molar-refractivity contribution in [2.45, 2.75) is 25.8 Å². The fourth-order valence-electron chi connectivity index (χ4n) is 3.25. The van der Waals surface area contributed by atoms with Crippen LogP contribution in [0.5, 0.6) is 5.75 Å². The average molecular weight is 338 g/mol. The van der Waals surface area contributed by atoms with Crippen LogP contribution in [0.3, 0.4) is 0 Å². The summed E-state index contributed by atoms with van der Waals surface area (Å²) >= 11 is 0. The number of nitrogens with two attached hydrogens (primary N) is 1. The molecule has 2 N–H and O–H groups in total. The van der Waals surface area contributed by atoms with Gasteiger partial charge in [0.05, 0.1) is 12.6 Å². The van der Waals surface area contributed by atoms with Gasteiger partial charge in [0.1, 0.15) is 5.75 Å². The van der Waals surface area contributed by atoms with Crippen molar-refractivity contribution < 1.29 is 14.3 Å². The van der Waals surface area contributed by atoms with Gasteiger partial charge in [0, 0.05) is 17.7 Å². The number of hydrogen-bond acceptors (Lipinski definition) is 3. The smallest absolute Gasteiger partial charge is 0.254 e. The Kier molecular flexibility index (Phi) is 5.03. The third-order valence-electron chi connectivity index (χ3n) is 4.51. The molecule has 2 aromatic rings. The van der Waals surface area contributed by atoms with Crippen molar-refractivity contribution in [2.75, 3.05) is 13.2 Å². The first-order valence-electron chi connectivity index (χ1n) is 8.53. The van der Waals surface area contributed by atoms with E-state index in [9.17, 15) is 9.59 Å². The SMILES string of the molecule is CCOc1ccc([C@H]2CCCN2C(=O)c2ccc(C(N)=O)cc2)cc1. The molecule has 0 unspecified atom stereocenters.